The first-order valence-electron chi connectivity index (χ1n) is 6.88. The van der Waals surface area contributed by atoms with E-state index >= 15 is 0 Å². The molecular formula is C16H27N. The third kappa shape index (κ3) is 5.36. The normalized spacial score (nSPS) is 14.6. The van der Waals surface area contributed by atoms with Crippen molar-refractivity contribution in [1.29, 1.82) is 0 Å². The van der Waals surface area contributed by atoms with Crippen LogP contribution in [0, 0.1) is 12.8 Å². The van der Waals surface area contributed by atoms with Crippen molar-refractivity contribution in [3.8, 4) is 0 Å². The molecule has 1 N–H and O–H groups in total. The topological polar surface area (TPSA) is 12.0 Å². The van der Waals surface area contributed by atoms with E-state index in [1.54, 1.807) is 0 Å². The van der Waals surface area contributed by atoms with E-state index in [0.29, 0.717) is 6.04 Å². The van der Waals surface area contributed by atoms with E-state index in [2.05, 4.69) is 57.4 Å². The van der Waals surface area contributed by atoms with Crippen molar-refractivity contribution in [3.63, 3.8) is 0 Å². The molecule has 0 amide bonds. The fourth-order valence-corrected chi connectivity index (χ4v) is 2.52. The minimum absolute atomic E-state index is 0.610. The van der Waals surface area contributed by atoms with Crippen molar-refractivity contribution >= 4 is 0 Å². The lowest BCUT2D eigenvalue weighted by atomic mass is 9.93. The summed E-state index contributed by atoms with van der Waals surface area (Å²) in [6.45, 7) is 6.80. The van der Waals surface area contributed by atoms with Crippen LogP contribution in [0.4, 0.5) is 0 Å². The Hall–Kier alpha value is -0.820. The Bertz CT molecular complexity index is 319. The van der Waals surface area contributed by atoms with Gasteiger partial charge in [-0.25, -0.2) is 0 Å². The molecule has 0 saturated heterocycles. The summed E-state index contributed by atoms with van der Waals surface area (Å²) in [5.41, 5.74) is 2.81. The van der Waals surface area contributed by atoms with Crippen LogP contribution in [0.3, 0.4) is 0 Å². The highest BCUT2D eigenvalue weighted by Crippen LogP contribution is 2.16. The fourth-order valence-electron chi connectivity index (χ4n) is 2.52. The lowest BCUT2D eigenvalue weighted by Gasteiger charge is -2.20. The number of aryl methyl sites for hydroxylation is 1. The van der Waals surface area contributed by atoms with E-state index in [4.69, 9.17) is 0 Å². The first kappa shape index (κ1) is 14.2. The Balaban J connectivity index is 2.51. The summed E-state index contributed by atoms with van der Waals surface area (Å²) in [5, 5.41) is 3.46. The smallest absolute Gasteiger partial charge is 0.0107 e. The van der Waals surface area contributed by atoms with Crippen molar-refractivity contribution in [2.75, 3.05) is 7.05 Å². The molecule has 0 aromatic heterocycles. The standard InChI is InChI=1S/C16H27N/c1-5-7-13(2)11-16(17-4)12-15-9-6-8-14(3)10-15/h6,8-10,13,16-17H,5,7,11-12H2,1-4H3. The van der Waals surface area contributed by atoms with Crippen molar-refractivity contribution < 1.29 is 0 Å². The monoisotopic (exact) mass is 233 g/mol. The van der Waals surface area contributed by atoms with Crippen LogP contribution in [0.5, 0.6) is 0 Å². The van der Waals surface area contributed by atoms with Gasteiger partial charge >= 0.3 is 0 Å². The van der Waals surface area contributed by atoms with E-state index in [0.717, 1.165) is 12.3 Å². The molecule has 0 aliphatic heterocycles. The first-order chi connectivity index (χ1) is 8.15. The van der Waals surface area contributed by atoms with Crippen LogP contribution >= 0.6 is 0 Å². The van der Waals surface area contributed by atoms with Gasteiger partial charge in [0.1, 0.15) is 0 Å². The summed E-state index contributed by atoms with van der Waals surface area (Å²) in [6.07, 6.45) is 5.05. The maximum absolute atomic E-state index is 3.46. The molecule has 0 aliphatic carbocycles. The fraction of sp³-hybridized carbons (Fsp3) is 0.625. The van der Waals surface area contributed by atoms with Crippen LogP contribution < -0.4 is 5.32 Å². The Kier molecular flexibility index (Phi) is 6.28. The second kappa shape index (κ2) is 7.50. The van der Waals surface area contributed by atoms with Gasteiger partial charge in [0.05, 0.1) is 0 Å². The number of hydrogen-bond donors (Lipinski definition) is 1. The number of rotatable bonds is 7. The average molecular weight is 233 g/mol. The summed E-state index contributed by atoms with van der Waals surface area (Å²) >= 11 is 0. The third-order valence-electron chi connectivity index (χ3n) is 3.44. The number of hydrogen-bond acceptors (Lipinski definition) is 1. The van der Waals surface area contributed by atoms with Gasteiger partial charge < -0.3 is 5.32 Å². The molecule has 0 bridgehead atoms. The molecule has 0 fully saturated rings. The summed E-state index contributed by atoms with van der Waals surface area (Å²) in [5.74, 6) is 0.822. The van der Waals surface area contributed by atoms with Crippen molar-refractivity contribution in [2.45, 2.75) is 52.5 Å². The van der Waals surface area contributed by atoms with Gasteiger partial charge in [0.15, 0.2) is 0 Å². The van der Waals surface area contributed by atoms with E-state index in [-0.39, 0.29) is 0 Å². The van der Waals surface area contributed by atoms with E-state index in [1.165, 1.54) is 30.4 Å². The van der Waals surface area contributed by atoms with Crippen LogP contribution in [0.2, 0.25) is 0 Å². The van der Waals surface area contributed by atoms with E-state index < -0.39 is 0 Å². The molecule has 1 aromatic rings. The molecule has 1 rings (SSSR count). The summed E-state index contributed by atoms with van der Waals surface area (Å²) in [7, 11) is 2.08. The molecule has 17 heavy (non-hydrogen) atoms. The second-order valence-electron chi connectivity index (χ2n) is 5.31. The zero-order valence-corrected chi connectivity index (χ0v) is 11.8. The quantitative estimate of drug-likeness (QED) is 0.752. The highest BCUT2D eigenvalue weighted by atomic mass is 14.9. The van der Waals surface area contributed by atoms with E-state index in [1.807, 2.05) is 0 Å². The highest BCUT2D eigenvalue weighted by Gasteiger charge is 2.11. The molecule has 0 spiro atoms. The molecule has 1 aromatic carbocycles. The molecule has 1 nitrogen and oxygen atoms in total. The van der Waals surface area contributed by atoms with Crippen molar-refractivity contribution in [1.82, 2.24) is 5.32 Å². The summed E-state index contributed by atoms with van der Waals surface area (Å²) < 4.78 is 0. The molecule has 2 atom stereocenters. The van der Waals surface area contributed by atoms with Gasteiger partial charge in [0.2, 0.25) is 0 Å². The molecule has 0 radical (unpaired) electrons. The zero-order chi connectivity index (χ0) is 12.7. The summed E-state index contributed by atoms with van der Waals surface area (Å²) in [4.78, 5) is 0. The van der Waals surface area contributed by atoms with Gasteiger partial charge in [0, 0.05) is 6.04 Å². The van der Waals surface area contributed by atoms with Crippen LogP contribution in [-0.2, 0) is 6.42 Å². The lowest BCUT2D eigenvalue weighted by molar-refractivity contribution is 0.397. The second-order valence-corrected chi connectivity index (χ2v) is 5.31. The number of likely N-dealkylation sites (N-methyl/N-ethyl adjacent to an activating group) is 1. The third-order valence-corrected chi connectivity index (χ3v) is 3.44. The number of nitrogens with one attached hydrogen (secondary N) is 1. The minimum Gasteiger partial charge on any atom is -0.317 e. The Morgan fingerprint density at radius 1 is 1.29 bits per heavy atom. The molecular weight excluding hydrogens is 206 g/mol. The average Bonchev–Trinajstić information content (AvgIpc) is 2.28. The first-order valence-corrected chi connectivity index (χ1v) is 6.88. The zero-order valence-electron chi connectivity index (χ0n) is 11.8. The predicted octanol–water partition coefficient (Wildman–Crippen LogP) is 3.95. The number of benzene rings is 1. The van der Waals surface area contributed by atoms with Crippen LogP contribution in [0.15, 0.2) is 24.3 Å². The molecule has 96 valence electrons. The minimum atomic E-state index is 0.610. The molecule has 0 aliphatic rings. The molecule has 2 unspecified atom stereocenters. The van der Waals surface area contributed by atoms with Gasteiger partial charge in [-0.1, -0.05) is 56.5 Å². The SMILES string of the molecule is CCCC(C)CC(Cc1cccc(C)c1)NC. The van der Waals surface area contributed by atoms with Gasteiger partial charge in [-0.15, -0.1) is 0 Å². The van der Waals surface area contributed by atoms with Gasteiger partial charge in [0.25, 0.3) is 0 Å². The maximum Gasteiger partial charge on any atom is 0.0107 e. The van der Waals surface area contributed by atoms with Gasteiger partial charge in [-0.05, 0) is 38.3 Å². The Labute approximate surface area is 107 Å². The Morgan fingerprint density at radius 2 is 2.06 bits per heavy atom. The lowest BCUT2D eigenvalue weighted by Crippen LogP contribution is -2.29. The van der Waals surface area contributed by atoms with E-state index in [9.17, 15) is 0 Å². The Morgan fingerprint density at radius 3 is 2.65 bits per heavy atom. The van der Waals surface area contributed by atoms with Crippen LogP contribution in [-0.4, -0.2) is 13.1 Å². The van der Waals surface area contributed by atoms with Crippen molar-refractivity contribution in [2.24, 2.45) is 5.92 Å². The predicted molar refractivity (Wildman–Crippen MR) is 76.4 cm³/mol. The van der Waals surface area contributed by atoms with Crippen molar-refractivity contribution in [3.05, 3.63) is 35.4 Å². The molecule has 1 heteroatoms. The molecule has 0 saturated carbocycles. The summed E-state index contributed by atoms with van der Waals surface area (Å²) in [6, 6.07) is 9.47. The van der Waals surface area contributed by atoms with Crippen LogP contribution in [0.1, 0.15) is 44.2 Å². The highest BCUT2D eigenvalue weighted by molar-refractivity contribution is 5.22. The van der Waals surface area contributed by atoms with Gasteiger partial charge in [-0.2, -0.15) is 0 Å². The largest absolute Gasteiger partial charge is 0.317 e. The van der Waals surface area contributed by atoms with Gasteiger partial charge in [-0.3, -0.25) is 0 Å². The van der Waals surface area contributed by atoms with Crippen LogP contribution in [0.25, 0.3) is 0 Å². The maximum atomic E-state index is 3.46. The molecule has 0 heterocycles.